The summed E-state index contributed by atoms with van der Waals surface area (Å²) in [5.74, 6) is -1.49. The molecule has 1 aliphatic rings. The number of benzene rings is 1. The summed E-state index contributed by atoms with van der Waals surface area (Å²) >= 11 is 0. The molecule has 0 radical (unpaired) electrons. The third-order valence-electron chi connectivity index (χ3n) is 5.84. The Balaban J connectivity index is 1.53. The van der Waals surface area contributed by atoms with Crippen molar-refractivity contribution in [3.63, 3.8) is 0 Å². The van der Waals surface area contributed by atoms with Crippen molar-refractivity contribution in [1.82, 2.24) is 19.6 Å². The van der Waals surface area contributed by atoms with Gasteiger partial charge in [-0.1, -0.05) is 0 Å². The number of hydrogen-bond donors (Lipinski definition) is 1. The number of sulfonamides is 1. The van der Waals surface area contributed by atoms with Crippen LogP contribution in [0.5, 0.6) is 0 Å². The van der Waals surface area contributed by atoms with E-state index in [1.807, 2.05) is 6.07 Å². The molecule has 0 saturated carbocycles. The fraction of sp³-hybridized carbons (Fsp3) is 0.250. The maximum Gasteiger partial charge on any atom is 0.433 e. The van der Waals surface area contributed by atoms with Gasteiger partial charge in [0.15, 0.2) is 0 Å². The predicted octanol–water partition coefficient (Wildman–Crippen LogP) is 3.59. The van der Waals surface area contributed by atoms with Gasteiger partial charge in [0.25, 0.3) is 0 Å². The molecule has 4 rings (SSSR count). The molecule has 2 unspecified atom stereocenters. The zero-order valence-corrected chi connectivity index (χ0v) is 20.1. The van der Waals surface area contributed by atoms with Crippen molar-refractivity contribution in [3.8, 4) is 17.3 Å². The van der Waals surface area contributed by atoms with E-state index in [0.717, 1.165) is 42.6 Å². The number of carbonyl (C=O) groups is 1. The minimum absolute atomic E-state index is 0.0551. The number of aromatic nitrogens is 2. The average molecular weight is 551 g/mol. The molecule has 3 heterocycles. The average Bonchev–Trinajstić information content (AvgIpc) is 3.29. The first kappa shape index (κ1) is 27.1. The van der Waals surface area contributed by atoms with Gasteiger partial charge in [-0.15, -0.1) is 0 Å². The number of hydrogen-bond acceptors (Lipinski definition) is 6. The van der Waals surface area contributed by atoms with Gasteiger partial charge in [0.2, 0.25) is 15.9 Å². The van der Waals surface area contributed by atoms with Gasteiger partial charge in [-0.2, -0.15) is 22.7 Å². The number of halogens is 5. The molecule has 0 aliphatic carbocycles. The number of amides is 1. The van der Waals surface area contributed by atoms with E-state index in [2.05, 4.69) is 15.3 Å². The van der Waals surface area contributed by atoms with Gasteiger partial charge >= 0.3 is 6.18 Å². The summed E-state index contributed by atoms with van der Waals surface area (Å²) in [7, 11) is -4.32. The topological polar surface area (TPSA) is 116 Å². The van der Waals surface area contributed by atoms with Crippen LogP contribution in [-0.2, 0) is 27.5 Å². The van der Waals surface area contributed by atoms with Crippen molar-refractivity contribution < 1.29 is 35.2 Å². The Morgan fingerprint density at radius 3 is 2.45 bits per heavy atom. The first-order chi connectivity index (χ1) is 17.9. The molecule has 38 heavy (non-hydrogen) atoms. The molecule has 0 bridgehead atoms. The molecule has 1 fully saturated rings. The zero-order valence-electron chi connectivity index (χ0n) is 19.3. The molecule has 1 amide bonds. The summed E-state index contributed by atoms with van der Waals surface area (Å²) in [6, 6.07) is 7.69. The quantitative estimate of drug-likeness (QED) is 0.468. The van der Waals surface area contributed by atoms with Crippen LogP contribution in [0.1, 0.15) is 23.2 Å². The number of carbonyl (C=O) groups excluding carboxylic acids is 1. The van der Waals surface area contributed by atoms with Crippen molar-refractivity contribution in [2.45, 2.75) is 36.3 Å². The summed E-state index contributed by atoms with van der Waals surface area (Å²) < 4.78 is 92.6. The van der Waals surface area contributed by atoms with E-state index >= 15 is 0 Å². The van der Waals surface area contributed by atoms with Gasteiger partial charge in [0.05, 0.1) is 16.2 Å². The Morgan fingerprint density at radius 1 is 1.13 bits per heavy atom. The third kappa shape index (κ3) is 5.63. The van der Waals surface area contributed by atoms with Crippen LogP contribution in [0.15, 0.2) is 59.8 Å². The highest BCUT2D eigenvalue weighted by molar-refractivity contribution is 7.89. The molecular weight excluding hydrogens is 533 g/mol. The largest absolute Gasteiger partial charge is 0.433 e. The molecule has 14 heteroatoms. The van der Waals surface area contributed by atoms with E-state index in [1.165, 1.54) is 12.3 Å². The molecule has 2 aromatic heterocycles. The van der Waals surface area contributed by atoms with Crippen LogP contribution in [0, 0.1) is 17.1 Å². The Kier molecular flexibility index (Phi) is 7.43. The number of rotatable bonds is 6. The van der Waals surface area contributed by atoms with Gasteiger partial charge in [0, 0.05) is 37.5 Å². The molecule has 0 spiro atoms. The lowest BCUT2D eigenvalue weighted by atomic mass is 10.1. The van der Waals surface area contributed by atoms with Gasteiger partial charge in [-0.3, -0.25) is 14.8 Å². The SMILES string of the molecule is N#Cc1cnc(-c2ccc(C(F)(F)F)nc2)cc1CNC(=O)C1CC(F)CN1S(=O)(=O)c1ccc(F)cc1. The summed E-state index contributed by atoms with van der Waals surface area (Å²) in [5.41, 5.74) is -0.388. The number of alkyl halides is 4. The van der Waals surface area contributed by atoms with Crippen LogP contribution in [-0.4, -0.2) is 47.4 Å². The minimum atomic E-state index is -4.62. The van der Waals surface area contributed by atoms with Crippen LogP contribution < -0.4 is 5.32 Å². The molecular formula is C24H18F5N5O3S. The van der Waals surface area contributed by atoms with E-state index < -0.39 is 58.8 Å². The van der Waals surface area contributed by atoms with E-state index in [0.29, 0.717) is 4.31 Å². The second-order valence-corrected chi connectivity index (χ2v) is 10.3. The second-order valence-electron chi connectivity index (χ2n) is 8.36. The first-order valence-electron chi connectivity index (χ1n) is 11.0. The van der Waals surface area contributed by atoms with E-state index in [-0.39, 0.29) is 33.8 Å². The monoisotopic (exact) mass is 551 g/mol. The summed E-state index contributed by atoms with van der Waals surface area (Å²) in [4.78, 5) is 20.1. The fourth-order valence-electron chi connectivity index (χ4n) is 3.92. The standard InChI is InChI=1S/C24H18F5N5O3S/c25-17-2-4-19(5-3-17)38(36,37)34-13-18(26)8-21(34)23(35)33-11-15-7-20(31-12-16(15)9-30)14-1-6-22(32-10-14)24(27,28)29/h1-7,10,12,18,21H,8,11,13H2,(H,33,35). The molecule has 3 aromatic rings. The Morgan fingerprint density at radius 2 is 1.84 bits per heavy atom. The van der Waals surface area contributed by atoms with Crippen LogP contribution in [0.3, 0.4) is 0 Å². The highest BCUT2D eigenvalue weighted by Crippen LogP contribution is 2.30. The van der Waals surface area contributed by atoms with Crippen LogP contribution >= 0.6 is 0 Å². The maximum absolute atomic E-state index is 14.2. The summed E-state index contributed by atoms with van der Waals surface area (Å²) in [5, 5.41) is 11.9. The maximum atomic E-state index is 14.2. The lowest BCUT2D eigenvalue weighted by molar-refractivity contribution is -0.141. The minimum Gasteiger partial charge on any atom is -0.351 e. The number of pyridine rings is 2. The summed E-state index contributed by atoms with van der Waals surface area (Å²) in [6.45, 7) is -0.842. The van der Waals surface area contributed by atoms with Crippen LogP contribution in [0.2, 0.25) is 0 Å². The zero-order chi connectivity index (χ0) is 27.7. The van der Waals surface area contributed by atoms with Crippen LogP contribution in [0.25, 0.3) is 11.3 Å². The highest BCUT2D eigenvalue weighted by Gasteiger charge is 2.44. The van der Waals surface area contributed by atoms with E-state index in [4.69, 9.17) is 0 Å². The Labute approximate surface area is 213 Å². The summed E-state index contributed by atoms with van der Waals surface area (Å²) in [6.07, 6.45) is -4.50. The highest BCUT2D eigenvalue weighted by atomic mass is 32.2. The van der Waals surface area contributed by atoms with Crippen molar-refractivity contribution in [2.24, 2.45) is 0 Å². The Bertz CT molecular complexity index is 1490. The second kappa shape index (κ2) is 10.4. The van der Waals surface area contributed by atoms with Gasteiger partial charge in [0.1, 0.15) is 29.8 Å². The lowest BCUT2D eigenvalue weighted by Crippen LogP contribution is -2.45. The van der Waals surface area contributed by atoms with E-state index in [9.17, 15) is 40.4 Å². The molecule has 198 valence electrons. The van der Waals surface area contributed by atoms with Crippen molar-refractivity contribution in [1.29, 1.82) is 5.26 Å². The van der Waals surface area contributed by atoms with Gasteiger partial charge < -0.3 is 5.32 Å². The van der Waals surface area contributed by atoms with Crippen molar-refractivity contribution in [3.05, 3.63) is 77.5 Å². The predicted molar refractivity (Wildman–Crippen MR) is 123 cm³/mol. The molecule has 1 aromatic carbocycles. The number of nitriles is 1. The molecule has 1 aliphatic heterocycles. The third-order valence-corrected chi connectivity index (χ3v) is 7.73. The molecule has 1 N–H and O–H groups in total. The number of nitrogens with one attached hydrogen (secondary N) is 1. The van der Waals surface area contributed by atoms with Crippen molar-refractivity contribution in [2.75, 3.05) is 6.54 Å². The fourth-order valence-corrected chi connectivity index (χ4v) is 5.54. The lowest BCUT2D eigenvalue weighted by Gasteiger charge is -2.23. The molecule has 8 nitrogen and oxygen atoms in total. The van der Waals surface area contributed by atoms with E-state index in [1.54, 1.807) is 0 Å². The Hall–Kier alpha value is -3.96. The number of nitrogens with zero attached hydrogens (tertiary/aromatic N) is 4. The molecule has 2 atom stereocenters. The molecule has 1 saturated heterocycles. The van der Waals surface area contributed by atoms with Gasteiger partial charge in [-0.25, -0.2) is 17.2 Å². The first-order valence-corrected chi connectivity index (χ1v) is 12.5. The van der Waals surface area contributed by atoms with Gasteiger partial charge in [-0.05, 0) is 48.0 Å². The van der Waals surface area contributed by atoms with Crippen molar-refractivity contribution >= 4 is 15.9 Å². The normalized spacial score (nSPS) is 18.2. The smallest absolute Gasteiger partial charge is 0.351 e. The van der Waals surface area contributed by atoms with Crippen LogP contribution in [0.4, 0.5) is 22.0 Å².